The molecule has 2 aromatic heterocycles. The van der Waals surface area contributed by atoms with E-state index in [9.17, 15) is 4.79 Å². The fourth-order valence-corrected chi connectivity index (χ4v) is 4.08. The van der Waals surface area contributed by atoms with E-state index in [1.165, 1.54) is 11.3 Å². The maximum absolute atomic E-state index is 12.2. The number of fused-ring (bicyclic) bond motifs is 1. The number of carbonyl (C=O) groups is 1. The van der Waals surface area contributed by atoms with E-state index >= 15 is 0 Å². The van der Waals surface area contributed by atoms with E-state index in [0.717, 1.165) is 39.9 Å². The Hall–Kier alpha value is -2.11. The van der Waals surface area contributed by atoms with E-state index in [1.54, 1.807) is 6.92 Å². The minimum absolute atomic E-state index is 0.317. The summed E-state index contributed by atoms with van der Waals surface area (Å²) in [7, 11) is 0. The van der Waals surface area contributed by atoms with Crippen LogP contribution < -0.4 is 5.73 Å². The molecule has 3 aromatic rings. The summed E-state index contributed by atoms with van der Waals surface area (Å²) in [6, 6.07) is 9.74. The number of esters is 1. The first-order valence-electron chi connectivity index (χ1n) is 8.24. The van der Waals surface area contributed by atoms with Gasteiger partial charge in [0.25, 0.3) is 0 Å². The highest BCUT2D eigenvalue weighted by Crippen LogP contribution is 2.45. The maximum Gasteiger partial charge on any atom is 0.350 e. The third kappa shape index (κ3) is 2.98. The summed E-state index contributed by atoms with van der Waals surface area (Å²) in [4.78, 5) is 18.2. The van der Waals surface area contributed by atoms with Gasteiger partial charge < -0.3 is 10.5 Å². The largest absolute Gasteiger partial charge is 0.462 e. The molecule has 1 aliphatic carbocycles. The molecule has 2 N–H and O–H groups in total. The first kappa shape index (κ1) is 16.4. The van der Waals surface area contributed by atoms with Gasteiger partial charge >= 0.3 is 5.97 Å². The Labute approximate surface area is 154 Å². The molecule has 25 heavy (non-hydrogen) atoms. The van der Waals surface area contributed by atoms with Crippen molar-refractivity contribution in [2.45, 2.75) is 25.7 Å². The molecular formula is C19H17ClN2O2S. The first-order chi connectivity index (χ1) is 12.1. The van der Waals surface area contributed by atoms with Crippen LogP contribution in [-0.2, 0) is 4.74 Å². The van der Waals surface area contributed by atoms with E-state index in [-0.39, 0.29) is 0 Å². The van der Waals surface area contributed by atoms with Crippen LogP contribution >= 0.6 is 22.9 Å². The number of carbonyl (C=O) groups excluding carboxylic acids is 1. The van der Waals surface area contributed by atoms with Crippen molar-refractivity contribution >= 4 is 44.8 Å². The number of thiophene rings is 1. The zero-order valence-electron chi connectivity index (χ0n) is 13.7. The summed E-state index contributed by atoms with van der Waals surface area (Å²) in [6.07, 6.45) is 2.31. The lowest BCUT2D eigenvalue weighted by atomic mass is 10.0. The smallest absolute Gasteiger partial charge is 0.350 e. The van der Waals surface area contributed by atoms with Crippen molar-refractivity contribution in [3.63, 3.8) is 0 Å². The van der Waals surface area contributed by atoms with Crippen LogP contribution in [0.15, 0.2) is 30.3 Å². The highest BCUT2D eigenvalue weighted by atomic mass is 35.5. The number of nitrogens with two attached hydrogens (primary N) is 1. The quantitative estimate of drug-likeness (QED) is 0.635. The average Bonchev–Trinajstić information content (AvgIpc) is 3.39. The van der Waals surface area contributed by atoms with Gasteiger partial charge in [0.1, 0.15) is 9.71 Å². The number of hydrogen-bond donors (Lipinski definition) is 1. The lowest BCUT2D eigenvalue weighted by molar-refractivity contribution is 0.0533. The van der Waals surface area contributed by atoms with Crippen molar-refractivity contribution in [3.8, 4) is 11.1 Å². The van der Waals surface area contributed by atoms with Crippen LogP contribution in [0.4, 0.5) is 5.69 Å². The van der Waals surface area contributed by atoms with Crippen molar-refractivity contribution in [1.29, 1.82) is 0 Å². The zero-order chi connectivity index (χ0) is 17.6. The number of ether oxygens (including phenoxy) is 1. The van der Waals surface area contributed by atoms with Crippen LogP contribution in [0.2, 0.25) is 5.02 Å². The average molecular weight is 373 g/mol. The van der Waals surface area contributed by atoms with Gasteiger partial charge in [-0.05, 0) is 49.1 Å². The highest BCUT2D eigenvalue weighted by Gasteiger charge is 2.28. The predicted molar refractivity (Wildman–Crippen MR) is 102 cm³/mol. The third-order valence-electron chi connectivity index (χ3n) is 4.33. The lowest BCUT2D eigenvalue weighted by Gasteiger charge is -2.08. The fourth-order valence-electron chi connectivity index (χ4n) is 2.93. The van der Waals surface area contributed by atoms with Crippen molar-refractivity contribution < 1.29 is 9.53 Å². The summed E-state index contributed by atoms with van der Waals surface area (Å²) in [5.74, 6) is 0.114. The second-order valence-electron chi connectivity index (χ2n) is 6.12. The highest BCUT2D eigenvalue weighted by molar-refractivity contribution is 7.21. The molecule has 0 amide bonds. The number of benzene rings is 1. The predicted octanol–water partition coefficient (Wildman–Crippen LogP) is 5.25. The molecule has 4 nitrogen and oxygen atoms in total. The SMILES string of the molecule is CCOC(=O)c1sc2nc(C3CC3)cc(-c3ccc(Cl)cc3)c2c1N. The van der Waals surface area contributed by atoms with Gasteiger partial charge in [0, 0.05) is 22.0 Å². The number of nitrogens with zero attached hydrogens (tertiary/aromatic N) is 1. The first-order valence-corrected chi connectivity index (χ1v) is 9.44. The standard InChI is InChI=1S/C19H17ClN2O2S/c1-2-24-19(23)17-16(21)15-13(10-5-7-12(20)8-6-10)9-14(11-3-4-11)22-18(15)25-17/h5-9,11H,2-4,21H2,1H3. The number of pyridine rings is 1. The van der Waals surface area contributed by atoms with Gasteiger partial charge in [-0.1, -0.05) is 23.7 Å². The van der Waals surface area contributed by atoms with Gasteiger partial charge in [0.2, 0.25) is 0 Å². The van der Waals surface area contributed by atoms with E-state index in [0.29, 0.717) is 28.1 Å². The molecule has 0 spiro atoms. The number of nitrogen functional groups attached to an aromatic ring is 1. The van der Waals surface area contributed by atoms with Crippen LogP contribution in [0.1, 0.15) is 41.0 Å². The molecule has 0 radical (unpaired) electrons. The molecule has 6 heteroatoms. The van der Waals surface area contributed by atoms with E-state index in [1.807, 2.05) is 24.3 Å². The summed E-state index contributed by atoms with van der Waals surface area (Å²) in [5.41, 5.74) is 9.84. The van der Waals surface area contributed by atoms with E-state index in [4.69, 9.17) is 27.1 Å². The van der Waals surface area contributed by atoms with Crippen LogP contribution in [0.3, 0.4) is 0 Å². The van der Waals surface area contributed by atoms with Crippen molar-refractivity contribution in [2.75, 3.05) is 12.3 Å². The second kappa shape index (κ2) is 6.32. The number of anilines is 1. The van der Waals surface area contributed by atoms with Crippen LogP contribution in [0.25, 0.3) is 21.3 Å². The van der Waals surface area contributed by atoms with E-state index < -0.39 is 5.97 Å². The number of halogens is 1. The Balaban J connectivity index is 1.95. The molecule has 0 saturated heterocycles. The lowest BCUT2D eigenvalue weighted by Crippen LogP contribution is -2.04. The van der Waals surface area contributed by atoms with Crippen LogP contribution in [-0.4, -0.2) is 17.6 Å². The topological polar surface area (TPSA) is 65.2 Å². The Kier molecular flexibility index (Phi) is 4.13. The Morgan fingerprint density at radius 1 is 1.36 bits per heavy atom. The van der Waals surface area contributed by atoms with Crippen molar-refractivity contribution in [1.82, 2.24) is 4.98 Å². The zero-order valence-corrected chi connectivity index (χ0v) is 15.3. The minimum atomic E-state index is -0.391. The van der Waals surface area contributed by atoms with Crippen molar-refractivity contribution in [2.24, 2.45) is 0 Å². The molecule has 1 aromatic carbocycles. The van der Waals surface area contributed by atoms with Gasteiger partial charge in [-0.25, -0.2) is 9.78 Å². The van der Waals surface area contributed by atoms with Gasteiger partial charge in [-0.2, -0.15) is 0 Å². The molecule has 1 fully saturated rings. The summed E-state index contributed by atoms with van der Waals surface area (Å²) >= 11 is 7.33. The molecule has 128 valence electrons. The fraction of sp³-hybridized carbons (Fsp3) is 0.263. The second-order valence-corrected chi connectivity index (χ2v) is 7.56. The Morgan fingerprint density at radius 3 is 2.72 bits per heavy atom. The van der Waals surface area contributed by atoms with E-state index in [2.05, 4.69) is 6.07 Å². The van der Waals surface area contributed by atoms with Crippen LogP contribution in [0.5, 0.6) is 0 Å². The van der Waals surface area contributed by atoms with Gasteiger partial charge in [-0.15, -0.1) is 11.3 Å². The third-order valence-corrected chi connectivity index (χ3v) is 5.66. The maximum atomic E-state index is 12.2. The normalized spacial score (nSPS) is 14.0. The molecule has 0 bridgehead atoms. The van der Waals surface area contributed by atoms with Gasteiger partial charge in [0.15, 0.2) is 0 Å². The molecule has 0 unspecified atom stereocenters. The summed E-state index contributed by atoms with van der Waals surface area (Å²) < 4.78 is 5.14. The molecule has 0 aliphatic heterocycles. The Morgan fingerprint density at radius 2 is 2.08 bits per heavy atom. The number of aromatic nitrogens is 1. The monoisotopic (exact) mass is 372 g/mol. The van der Waals surface area contributed by atoms with Gasteiger partial charge in [-0.3, -0.25) is 0 Å². The summed E-state index contributed by atoms with van der Waals surface area (Å²) in [5, 5.41) is 1.50. The molecule has 0 atom stereocenters. The van der Waals surface area contributed by atoms with Crippen LogP contribution in [0, 0.1) is 0 Å². The number of hydrogen-bond acceptors (Lipinski definition) is 5. The molecule has 1 saturated carbocycles. The van der Waals surface area contributed by atoms with Crippen molar-refractivity contribution in [3.05, 3.63) is 45.9 Å². The molecular weight excluding hydrogens is 356 g/mol. The Bertz CT molecular complexity index is 962. The number of rotatable bonds is 4. The molecule has 1 aliphatic rings. The summed E-state index contributed by atoms with van der Waals surface area (Å²) in [6.45, 7) is 2.10. The molecule has 2 heterocycles. The molecule has 4 rings (SSSR count). The van der Waals surface area contributed by atoms with Gasteiger partial charge in [0.05, 0.1) is 12.3 Å². The minimum Gasteiger partial charge on any atom is -0.462 e.